The number of rotatable bonds is 6. The molecule has 178 valence electrons. The first kappa shape index (κ1) is 24.1. The third-order valence-corrected chi connectivity index (χ3v) is 11.7. The van der Waals surface area contributed by atoms with Gasteiger partial charge in [-0.05, 0) is 6.42 Å². The first-order valence-electron chi connectivity index (χ1n) is 9.94. The van der Waals surface area contributed by atoms with Crippen molar-refractivity contribution in [2.45, 2.75) is 62.5 Å². The summed E-state index contributed by atoms with van der Waals surface area (Å²) < 4.78 is 44.7. The largest absolute Gasteiger partial charge is 0.382 e. The van der Waals surface area contributed by atoms with E-state index in [9.17, 15) is 18.9 Å². The Labute approximate surface area is 190 Å². The number of nitrogens with zero attached hydrogens (tertiary/aromatic N) is 4. The first-order valence-corrected chi connectivity index (χ1v) is 14.4. The highest BCUT2D eigenvalue weighted by Gasteiger charge is 2.62. The van der Waals surface area contributed by atoms with Crippen molar-refractivity contribution in [1.29, 1.82) is 0 Å². The van der Waals surface area contributed by atoms with Gasteiger partial charge in [-0.15, -0.1) is 0 Å². The van der Waals surface area contributed by atoms with Crippen LogP contribution in [0.2, 0.25) is 0 Å². The molecule has 15 heteroatoms. The molecule has 1 aliphatic carbocycles. The number of nitrogen functional groups attached to an aromatic ring is 1. The zero-order chi connectivity index (χ0) is 23.6. The summed E-state index contributed by atoms with van der Waals surface area (Å²) >= 11 is 4.32. The van der Waals surface area contributed by atoms with E-state index in [0.29, 0.717) is 11.2 Å². The summed E-state index contributed by atoms with van der Waals surface area (Å²) in [4.78, 5) is 31.7. The summed E-state index contributed by atoms with van der Waals surface area (Å²) in [6.45, 7) is 1.74. The van der Waals surface area contributed by atoms with Crippen LogP contribution in [-0.2, 0) is 23.1 Å². The molecule has 32 heavy (non-hydrogen) atoms. The topological polar surface area (TPSA) is 172 Å². The fraction of sp³-hybridized carbons (Fsp3) is 0.706. The van der Waals surface area contributed by atoms with E-state index in [-0.39, 0.29) is 12.2 Å². The molecule has 1 saturated heterocycles. The number of ether oxygens (including phenoxy) is 2. The number of methoxy groups -OCH3 is 1. The van der Waals surface area contributed by atoms with Crippen LogP contribution < -0.4 is 5.73 Å². The van der Waals surface area contributed by atoms with Crippen molar-refractivity contribution in [2.24, 2.45) is 5.92 Å². The van der Waals surface area contributed by atoms with Gasteiger partial charge in [0.15, 0.2) is 17.7 Å². The summed E-state index contributed by atoms with van der Waals surface area (Å²) in [5.41, 5.74) is 5.80. The van der Waals surface area contributed by atoms with Crippen LogP contribution in [0.3, 0.4) is 0 Å². The van der Waals surface area contributed by atoms with Crippen molar-refractivity contribution in [3.05, 3.63) is 12.7 Å². The molecule has 4 N–H and O–H groups in total. The highest BCUT2D eigenvalue weighted by molar-refractivity contribution is 8.46. The van der Waals surface area contributed by atoms with E-state index < -0.39 is 55.4 Å². The van der Waals surface area contributed by atoms with Crippen LogP contribution >= 0.6 is 26.4 Å². The quantitative estimate of drug-likeness (QED) is 0.334. The van der Waals surface area contributed by atoms with Crippen molar-refractivity contribution < 1.29 is 32.9 Å². The lowest BCUT2D eigenvalue weighted by molar-refractivity contribution is -0.0525. The van der Waals surface area contributed by atoms with Crippen LogP contribution in [0.5, 0.6) is 0 Å². The summed E-state index contributed by atoms with van der Waals surface area (Å²) in [6.07, 6.45) is -0.264. The van der Waals surface area contributed by atoms with Crippen LogP contribution in [0.25, 0.3) is 11.2 Å². The number of anilines is 1. The number of aromatic nitrogens is 4. The second kappa shape index (κ2) is 8.02. The molecular weight excluding hydrogens is 480 g/mol. The van der Waals surface area contributed by atoms with Gasteiger partial charge in [-0.2, -0.15) is 0 Å². The molecule has 0 bridgehead atoms. The minimum absolute atomic E-state index is 0.196. The van der Waals surface area contributed by atoms with Crippen LogP contribution in [0.4, 0.5) is 5.82 Å². The maximum absolute atomic E-state index is 13.3. The molecule has 7 atom stereocenters. The molecule has 2 aromatic rings. The Morgan fingerprint density at radius 3 is 2.50 bits per heavy atom. The maximum atomic E-state index is 13.3. The number of nitrogens with two attached hydrogens (primary N) is 1. The summed E-state index contributed by atoms with van der Waals surface area (Å²) in [5.74, 6) is -0.298. The molecule has 1 aliphatic heterocycles. The minimum Gasteiger partial charge on any atom is -0.382 e. The Hall–Kier alpha value is -1.04. The molecule has 0 radical (unpaired) electrons. The molecular formula is C17H27N5O7P2S. The highest BCUT2D eigenvalue weighted by atomic mass is 32.7. The van der Waals surface area contributed by atoms with Crippen LogP contribution in [-0.4, -0.2) is 65.5 Å². The molecule has 3 heterocycles. The first-order chi connectivity index (χ1) is 14.8. The van der Waals surface area contributed by atoms with Crippen LogP contribution in [0, 0.1) is 5.92 Å². The summed E-state index contributed by atoms with van der Waals surface area (Å²) in [7, 11) is -2.87. The van der Waals surface area contributed by atoms with E-state index in [1.54, 1.807) is 25.3 Å². The van der Waals surface area contributed by atoms with E-state index in [4.69, 9.17) is 19.7 Å². The van der Waals surface area contributed by atoms with Gasteiger partial charge in [0, 0.05) is 18.2 Å². The Morgan fingerprint density at radius 2 is 1.94 bits per heavy atom. The molecule has 0 amide bonds. The van der Waals surface area contributed by atoms with Gasteiger partial charge in [0.25, 0.3) is 6.57 Å². The second-order valence-corrected chi connectivity index (χ2v) is 15.1. The van der Waals surface area contributed by atoms with Gasteiger partial charge in [-0.1, -0.05) is 33.0 Å². The van der Waals surface area contributed by atoms with Gasteiger partial charge in [-0.25, -0.2) is 15.0 Å². The zero-order valence-electron chi connectivity index (χ0n) is 18.0. The van der Waals surface area contributed by atoms with Crippen molar-refractivity contribution in [3.8, 4) is 0 Å². The van der Waals surface area contributed by atoms with Crippen molar-refractivity contribution in [3.63, 3.8) is 0 Å². The molecule has 1 saturated carbocycles. The molecule has 0 aromatic carbocycles. The monoisotopic (exact) mass is 507 g/mol. The number of hydrogen-bond acceptors (Lipinski definition) is 9. The summed E-state index contributed by atoms with van der Waals surface area (Å²) in [5, 5.41) is -0.785. The maximum Gasteiger partial charge on any atom is 0.328 e. The standard InChI is InChI=1S/C17H27N5O7P2S/c1-17(2,3)31(26,32)29-12-11(8-5-9(8)30(23,24)25)28-16(13(12)27-4)22-7-21-10-14(18)19-6-20-15(10)22/h6-9,11-13,16H,5H2,1-4H3,(H,26,32)(H2,18,19,20)(H2,23,24,25). The van der Waals surface area contributed by atoms with Gasteiger partial charge >= 0.3 is 7.60 Å². The van der Waals surface area contributed by atoms with Gasteiger partial charge in [0.2, 0.25) is 0 Å². The minimum atomic E-state index is -4.32. The molecule has 2 aromatic heterocycles. The van der Waals surface area contributed by atoms with E-state index >= 15 is 0 Å². The Morgan fingerprint density at radius 1 is 1.25 bits per heavy atom. The normalized spacial score (nSPS) is 32.8. The lowest BCUT2D eigenvalue weighted by Crippen LogP contribution is -2.37. The molecule has 2 fully saturated rings. The zero-order valence-corrected chi connectivity index (χ0v) is 20.7. The molecule has 7 unspecified atom stereocenters. The van der Waals surface area contributed by atoms with Gasteiger partial charge < -0.3 is 29.5 Å². The third kappa shape index (κ3) is 4.14. The highest BCUT2D eigenvalue weighted by Crippen LogP contribution is 2.67. The number of fused-ring (bicyclic) bond motifs is 1. The average Bonchev–Trinajstić information content (AvgIpc) is 3.24. The third-order valence-electron chi connectivity index (χ3n) is 5.93. The molecule has 4 rings (SSSR count). The van der Waals surface area contributed by atoms with Crippen molar-refractivity contribution in [2.75, 3.05) is 12.8 Å². The number of hydrogen-bond donors (Lipinski definition) is 4. The predicted octanol–water partition coefficient (Wildman–Crippen LogP) is 2.19. The average molecular weight is 507 g/mol. The van der Waals surface area contributed by atoms with Gasteiger partial charge in [0.05, 0.1) is 18.1 Å². The molecule has 12 nitrogen and oxygen atoms in total. The van der Waals surface area contributed by atoms with Crippen molar-refractivity contribution >= 4 is 43.4 Å². The van der Waals surface area contributed by atoms with Crippen LogP contribution in [0.1, 0.15) is 33.4 Å². The fourth-order valence-corrected chi connectivity index (χ4v) is 6.32. The van der Waals surface area contributed by atoms with E-state index in [1.165, 1.54) is 19.8 Å². The smallest absolute Gasteiger partial charge is 0.328 e. The summed E-state index contributed by atoms with van der Waals surface area (Å²) in [6, 6.07) is 0. The predicted molar refractivity (Wildman–Crippen MR) is 120 cm³/mol. The Kier molecular flexibility index (Phi) is 6.04. The number of thiol groups is 1. The van der Waals surface area contributed by atoms with Gasteiger partial charge in [-0.3, -0.25) is 13.7 Å². The molecule has 0 spiro atoms. The lowest BCUT2D eigenvalue weighted by Gasteiger charge is -2.32. The fourth-order valence-electron chi connectivity index (χ4n) is 3.92. The van der Waals surface area contributed by atoms with Gasteiger partial charge in [0.1, 0.15) is 24.1 Å². The van der Waals surface area contributed by atoms with Crippen LogP contribution in [0.15, 0.2) is 12.7 Å². The Balaban J connectivity index is 1.74. The lowest BCUT2D eigenvalue weighted by atomic mass is 10.1. The van der Waals surface area contributed by atoms with Crippen molar-refractivity contribution in [1.82, 2.24) is 19.5 Å². The second-order valence-electron chi connectivity index (χ2n) is 9.09. The Bertz CT molecular complexity index is 1120. The molecule has 2 aliphatic rings. The number of imidazole rings is 1. The van der Waals surface area contributed by atoms with E-state index in [2.05, 4.69) is 27.2 Å². The SMILES string of the molecule is COC1C(OP(=O)(S)C(C)(C)C)C(C2CC2P(=O)(O)O)OC1n1cnc2c(N)ncnc21. The van der Waals surface area contributed by atoms with E-state index in [0.717, 1.165) is 0 Å². The van der Waals surface area contributed by atoms with E-state index in [1.807, 2.05) is 0 Å².